The molecule has 3 rings (SSSR count). The highest BCUT2D eigenvalue weighted by Crippen LogP contribution is 2.21. The normalized spacial score (nSPS) is 22.0. The summed E-state index contributed by atoms with van der Waals surface area (Å²) in [6.07, 6.45) is 3.44. The lowest BCUT2D eigenvalue weighted by Gasteiger charge is -2.37. The maximum absolute atomic E-state index is 12.4. The SMILES string of the molecule is Cc1ccc(NC(=O)C2CCCN(C(=O)C3CNC3)C2)nc1. The Labute approximate surface area is 130 Å². The fourth-order valence-corrected chi connectivity index (χ4v) is 2.88. The van der Waals surface area contributed by atoms with Crippen LogP contribution in [0.25, 0.3) is 0 Å². The molecule has 1 atom stereocenters. The van der Waals surface area contributed by atoms with E-state index in [-0.39, 0.29) is 23.7 Å². The fraction of sp³-hybridized carbons (Fsp3) is 0.562. The van der Waals surface area contributed by atoms with Crippen molar-refractivity contribution in [3.63, 3.8) is 0 Å². The number of aromatic nitrogens is 1. The third kappa shape index (κ3) is 3.27. The van der Waals surface area contributed by atoms with Crippen molar-refractivity contribution in [1.82, 2.24) is 15.2 Å². The number of likely N-dealkylation sites (tertiary alicyclic amines) is 1. The minimum Gasteiger partial charge on any atom is -0.342 e. The Morgan fingerprint density at radius 1 is 1.32 bits per heavy atom. The van der Waals surface area contributed by atoms with Gasteiger partial charge in [0.15, 0.2) is 0 Å². The molecule has 2 aliphatic rings. The van der Waals surface area contributed by atoms with Crippen LogP contribution in [0.15, 0.2) is 18.3 Å². The van der Waals surface area contributed by atoms with E-state index in [1.54, 1.807) is 12.3 Å². The van der Waals surface area contributed by atoms with E-state index in [2.05, 4.69) is 15.6 Å². The smallest absolute Gasteiger partial charge is 0.230 e. The summed E-state index contributed by atoms with van der Waals surface area (Å²) < 4.78 is 0. The molecular weight excluding hydrogens is 280 g/mol. The lowest BCUT2D eigenvalue weighted by molar-refractivity contribution is -0.140. The number of nitrogens with one attached hydrogen (secondary N) is 2. The van der Waals surface area contributed by atoms with Crippen molar-refractivity contribution in [2.45, 2.75) is 19.8 Å². The van der Waals surface area contributed by atoms with Crippen LogP contribution in [0.4, 0.5) is 5.82 Å². The number of amides is 2. The van der Waals surface area contributed by atoms with Gasteiger partial charge in [-0.15, -0.1) is 0 Å². The number of carbonyl (C=O) groups excluding carboxylic acids is 2. The zero-order valence-corrected chi connectivity index (χ0v) is 12.8. The number of nitrogens with zero attached hydrogens (tertiary/aromatic N) is 2. The zero-order valence-electron chi connectivity index (χ0n) is 12.8. The van der Waals surface area contributed by atoms with Crippen LogP contribution < -0.4 is 10.6 Å². The number of hydrogen-bond donors (Lipinski definition) is 2. The quantitative estimate of drug-likeness (QED) is 0.865. The average Bonchev–Trinajstić information content (AvgIpc) is 2.48. The molecular formula is C16H22N4O2. The van der Waals surface area contributed by atoms with Crippen LogP contribution in [0, 0.1) is 18.8 Å². The molecule has 1 unspecified atom stereocenters. The van der Waals surface area contributed by atoms with Gasteiger partial charge in [0.05, 0.1) is 11.8 Å². The summed E-state index contributed by atoms with van der Waals surface area (Å²) >= 11 is 0. The van der Waals surface area contributed by atoms with E-state index in [0.29, 0.717) is 12.4 Å². The molecule has 2 fully saturated rings. The highest BCUT2D eigenvalue weighted by Gasteiger charge is 2.34. The molecule has 0 saturated carbocycles. The highest BCUT2D eigenvalue weighted by atomic mass is 16.2. The number of hydrogen-bond acceptors (Lipinski definition) is 4. The zero-order chi connectivity index (χ0) is 15.5. The second kappa shape index (κ2) is 6.44. The number of rotatable bonds is 3. The van der Waals surface area contributed by atoms with Crippen LogP contribution in [0.3, 0.4) is 0 Å². The van der Waals surface area contributed by atoms with E-state index in [4.69, 9.17) is 0 Å². The number of aryl methyl sites for hydroxylation is 1. The van der Waals surface area contributed by atoms with Gasteiger partial charge in [-0.3, -0.25) is 9.59 Å². The van der Waals surface area contributed by atoms with Crippen molar-refractivity contribution in [1.29, 1.82) is 0 Å². The molecule has 0 spiro atoms. The van der Waals surface area contributed by atoms with Crippen molar-refractivity contribution in [2.75, 3.05) is 31.5 Å². The lowest BCUT2D eigenvalue weighted by Crippen LogP contribution is -2.54. The minimum absolute atomic E-state index is 0.0411. The summed E-state index contributed by atoms with van der Waals surface area (Å²) in [5.74, 6) is 0.668. The van der Waals surface area contributed by atoms with Crippen molar-refractivity contribution in [2.24, 2.45) is 11.8 Å². The maximum Gasteiger partial charge on any atom is 0.230 e. The second-order valence-electron chi connectivity index (χ2n) is 6.19. The summed E-state index contributed by atoms with van der Waals surface area (Å²) in [7, 11) is 0. The Balaban J connectivity index is 1.57. The fourth-order valence-electron chi connectivity index (χ4n) is 2.88. The summed E-state index contributed by atoms with van der Waals surface area (Å²) in [4.78, 5) is 30.7. The number of anilines is 1. The molecule has 2 aliphatic heterocycles. The largest absolute Gasteiger partial charge is 0.342 e. The predicted molar refractivity (Wildman–Crippen MR) is 83.3 cm³/mol. The van der Waals surface area contributed by atoms with Gasteiger partial charge in [-0.05, 0) is 31.4 Å². The van der Waals surface area contributed by atoms with Gasteiger partial charge in [-0.25, -0.2) is 4.98 Å². The first kappa shape index (κ1) is 15.0. The van der Waals surface area contributed by atoms with Gasteiger partial charge in [0, 0.05) is 32.4 Å². The Morgan fingerprint density at radius 3 is 2.77 bits per heavy atom. The maximum atomic E-state index is 12.4. The van der Waals surface area contributed by atoms with Gasteiger partial charge in [-0.2, -0.15) is 0 Å². The van der Waals surface area contributed by atoms with Gasteiger partial charge in [0.2, 0.25) is 11.8 Å². The van der Waals surface area contributed by atoms with Crippen molar-refractivity contribution >= 4 is 17.6 Å². The first-order valence-electron chi connectivity index (χ1n) is 7.86. The van der Waals surface area contributed by atoms with E-state index < -0.39 is 0 Å². The molecule has 2 N–H and O–H groups in total. The van der Waals surface area contributed by atoms with Crippen molar-refractivity contribution < 1.29 is 9.59 Å². The molecule has 3 heterocycles. The number of piperidine rings is 1. The van der Waals surface area contributed by atoms with Gasteiger partial charge in [0.25, 0.3) is 0 Å². The summed E-state index contributed by atoms with van der Waals surface area (Å²) in [6.45, 7) is 4.77. The van der Waals surface area contributed by atoms with E-state index in [1.807, 2.05) is 17.9 Å². The van der Waals surface area contributed by atoms with Gasteiger partial charge in [-0.1, -0.05) is 6.07 Å². The van der Waals surface area contributed by atoms with Crippen LogP contribution >= 0.6 is 0 Å². The molecule has 0 radical (unpaired) electrons. The topological polar surface area (TPSA) is 74.3 Å². The standard InChI is InChI=1S/C16H22N4O2/c1-11-4-5-14(18-7-11)19-15(21)12-3-2-6-20(10-12)16(22)13-8-17-9-13/h4-5,7,12-13,17H,2-3,6,8-10H2,1H3,(H,18,19,21). The molecule has 0 aliphatic carbocycles. The van der Waals surface area contributed by atoms with Crippen LogP contribution in [-0.4, -0.2) is 47.9 Å². The van der Waals surface area contributed by atoms with Crippen molar-refractivity contribution in [3.8, 4) is 0 Å². The molecule has 1 aromatic rings. The summed E-state index contributed by atoms with van der Waals surface area (Å²) in [5, 5.41) is 5.97. The third-order valence-electron chi connectivity index (χ3n) is 4.40. The molecule has 2 amide bonds. The predicted octanol–water partition coefficient (Wildman–Crippen LogP) is 0.787. The van der Waals surface area contributed by atoms with E-state index in [1.165, 1.54) is 0 Å². The van der Waals surface area contributed by atoms with Crippen LogP contribution in [-0.2, 0) is 9.59 Å². The second-order valence-corrected chi connectivity index (χ2v) is 6.19. The van der Waals surface area contributed by atoms with Gasteiger partial charge in [0.1, 0.15) is 5.82 Å². The Kier molecular flexibility index (Phi) is 4.38. The summed E-state index contributed by atoms with van der Waals surface area (Å²) in [5.41, 5.74) is 1.06. The number of pyridine rings is 1. The molecule has 118 valence electrons. The van der Waals surface area contributed by atoms with Crippen LogP contribution in [0.1, 0.15) is 18.4 Å². The first-order valence-corrected chi connectivity index (χ1v) is 7.86. The molecule has 2 saturated heterocycles. The third-order valence-corrected chi connectivity index (χ3v) is 4.40. The van der Waals surface area contributed by atoms with Gasteiger partial charge >= 0.3 is 0 Å². The average molecular weight is 302 g/mol. The minimum atomic E-state index is -0.145. The van der Waals surface area contributed by atoms with Gasteiger partial charge < -0.3 is 15.5 Å². The van der Waals surface area contributed by atoms with Crippen molar-refractivity contribution in [3.05, 3.63) is 23.9 Å². The molecule has 0 aromatic carbocycles. The van der Waals surface area contributed by atoms with Crippen LogP contribution in [0.5, 0.6) is 0 Å². The van der Waals surface area contributed by atoms with E-state index in [0.717, 1.165) is 38.0 Å². The Morgan fingerprint density at radius 2 is 2.14 bits per heavy atom. The Bertz CT molecular complexity index is 554. The lowest BCUT2D eigenvalue weighted by atomic mass is 9.94. The van der Waals surface area contributed by atoms with Crippen LogP contribution in [0.2, 0.25) is 0 Å². The highest BCUT2D eigenvalue weighted by molar-refractivity contribution is 5.92. The molecule has 6 nitrogen and oxygen atoms in total. The monoisotopic (exact) mass is 302 g/mol. The Hall–Kier alpha value is -1.95. The summed E-state index contributed by atoms with van der Waals surface area (Å²) in [6, 6.07) is 3.72. The number of carbonyl (C=O) groups is 2. The molecule has 0 bridgehead atoms. The van der Waals surface area contributed by atoms with E-state index in [9.17, 15) is 9.59 Å². The van der Waals surface area contributed by atoms with E-state index >= 15 is 0 Å². The molecule has 6 heteroatoms. The molecule has 1 aromatic heterocycles. The molecule has 22 heavy (non-hydrogen) atoms. The first-order chi connectivity index (χ1) is 10.6.